The van der Waals surface area contributed by atoms with E-state index in [2.05, 4.69) is 65.7 Å². The van der Waals surface area contributed by atoms with Gasteiger partial charge in [-0.25, -0.2) is 9.97 Å². The van der Waals surface area contributed by atoms with Gasteiger partial charge in [0.2, 0.25) is 0 Å². The van der Waals surface area contributed by atoms with Crippen LogP contribution in [0.2, 0.25) is 0 Å². The molecule has 10 nitrogen and oxygen atoms in total. The van der Waals surface area contributed by atoms with Crippen molar-refractivity contribution in [3.8, 4) is 0 Å². The number of carbonyl (C=O) groups excluding carboxylic acids is 4. The monoisotopic (exact) mass is 998 g/mol. The van der Waals surface area contributed by atoms with Crippen molar-refractivity contribution >= 4 is 89.9 Å². The van der Waals surface area contributed by atoms with Crippen molar-refractivity contribution < 1.29 is 19.2 Å². The summed E-state index contributed by atoms with van der Waals surface area (Å²) in [5, 5.41) is 0. The van der Waals surface area contributed by atoms with Gasteiger partial charge in [0.05, 0.1) is 0 Å². The van der Waals surface area contributed by atoms with Gasteiger partial charge >= 0.3 is 0 Å². The van der Waals surface area contributed by atoms with Gasteiger partial charge in [0.1, 0.15) is 29.3 Å². The van der Waals surface area contributed by atoms with Gasteiger partial charge in [-0.1, -0.05) is 65.5 Å². The van der Waals surface area contributed by atoms with Crippen LogP contribution in [0.4, 0.5) is 0 Å². The van der Waals surface area contributed by atoms with Crippen LogP contribution in [0.15, 0.2) is 65.4 Å². The molecule has 2 aromatic carbocycles. The van der Waals surface area contributed by atoms with E-state index in [0.717, 1.165) is 105 Å². The van der Waals surface area contributed by atoms with Crippen LogP contribution in [0.25, 0.3) is 0 Å². The molecule has 0 bridgehead atoms. The van der Waals surface area contributed by atoms with Gasteiger partial charge in [-0.3, -0.25) is 29.2 Å². The lowest BCUT2D eigenvalue weighted by atomic mass is 9.91. The molecule has 0 aliphatic heterocycles. The molecule has 4 N–H and O–H groups in total. The van der Waals surface area contributed by atoms with E-state index in [1.54, 1.807) is 23.5 Å². The Morgan fingerprint density at radius 3 is 1.61 bits per heavy atom. The fourth-order valence-electron chi connectivity index (χ4n) is 7.21. The zero-order valence-electron chi connectivity index (χ0n) is 36.6. The summed E-state index contributed by atoms with van der Waals surface area (Å²) in [6, 6.07) is 9.21. The summed E-state index contributed by atoms with van der Waals surface area (Å²) in [4.78, 5) is 73.6. The van der Waals surface area contributed by atoms with E-state index >= 15 is 0 Å². The van der Waals surface area contributed by atoms with Crippen molar-refractivity contribution in [1.82, 2.24) is 9.97 Å². The maximum absolute atomic E-state index is 14.2. The molecule has 1 unspecified atom stereocenters. The first-order chi connectivity index (χ1) is 29.4. The highest BCUT2D eigenvalue weighted by Gasteiger charge is 2.26. The lowest BCUT2D eigenvalue weighted by Gasteiger charge is -2.19. The first-order valence-corrected chi connectivity index (χ1v) is 25.1. The molecule has 332 valence electrons. The summed E-state index contributed by atoms with van der Waals surface area (Å²) in [7, 11) is 3.66. The molecular weight excluding hydrogens is 936 g/mol. The number of aromatic nitrogens is 2. The number of unbranched alkanes of at least 4 members (excludes halogenated alkanes) is 4. The van der Waals surface area contributed by atoms with Gasteiger partial charge in [0, 0.05) is 107 Å². The third-order valence-electron chi connectivity index (χ3n) is 10.6. The first kappa shape index (κ1) is 52.5. The van der Waals surface area contributed by atoms with Crippen molar-refractivity contribution in [1.29, 1.82) is 0 Å². The van der Waals surface area contributed by atoms with Crippen LogP contribution in [0.5, 0.6) is 0 Å². The summed E-state index contributed by atoms with van der Waals surface area (Å²) >= 11 is 10.3. The lowest BCUT2D eigenvalue weighted by Crippen LogP contribution is -2.16. The number of rotatable bonds is 30. The smallest absolute Gasteiger partial charge is 0.188 e. The topological polar surface area (TPSA) is 171 Å². The molecular formula is C47H64Br2N6O4S2. The third-order valence-corrected chi connectivity index (χ3v) is 14.0. The Balaban J connectivity index is 1.79. The van der Waals surface area contributed by atoms with Gasteiger partial charge < -0.3 is 11.5 Å². The van der Waals surface area contributed by atoms with Crippen LogP contribution in [-0.2, 0) is 28.9 Å². The molecule has 0 aliphatic rings. The van der Waals surface area contributed by atoms with Crippen LogP contribution in [0.3, 0.4) is 0 Å². The van der Waals surface area contributed by atoms with E-state index in [4.69, 9.17) is 11.5 Å². The van der Waals surface area contributed by atoms with E-state index in [1.165, 1.54) is 23.8 Å². The van der Waals surface area contributed by atoms with Crippen LogP contribution in [-0.4, -0.2) is 83.2 Å². The SMILES string of the molecule is CCC(CCCCCC(=O)Cc1cc(Br)cc(CC(=O)c2cc(C(=O)C(C)c3cc(Br)cc(CC(=O)CCCCCC(CC)=NC)c3SCCN)ncn2)c1SCCN)=NC. The zero-order chi connectivity index (χ0) is 44.7. The number of Topliss-reactive ketones (excluding diaryl/α,β-unsaturated/α-hetero) is 4. The Bertz CT molecular complexity index is 2010. The summed E-state index contributed by atoms with van der Waals surface area (Å²) in [6.07, 6.45) is 12.2. The maximum Gasteiger partial charge on any atom is 0.188 e. The highest BCUT2D eigenvalue weighted by molar-refractivity contribution is 9.10. The second-order valence-corrected chi connectivity index (χ2v) is 19.2. The van der Waals surface area contributed by atoms with E-state index in [1.807, 2.05) is 45.3 Å². The standard InChI is InChI=1S/C47H64Br2N6O4S2/c1-6-37(52-4)14-10-8-12-16-39(56)25-32-22-35(48)24-34(46(32)60-20-18-50)27-44(58)42-29-43(55-30-54-42)45(59)31(3)41-28-36(49)23-33(47(41)61-21-19-51)26-40(57)17-13-9-11-15-38(7-2)53-5/h22-24,28-31H,6-21,25-27,50-51H2,1-5H3. The molecule has 1 aromatic heterocycles. The van der Waals surface area contributed by atoms with Crippen LogP contribution in [0, 0.1) is 0 Å². The number of benzene rings is 2. The minimum Gasteiger partial charge on any atom is -0.330 e. The molecule has 1 heterocycles. The van der Waals surface area contributed by atoms with Gasteiger partial charge in [-0.15, -0.1) is 23.5 Å². The highest BCUT2D eigenvalue weighted by Crippen LogP contribution is 2.37. The Labute approximate surface area is 388 Å². The maximum atomic E-state index is 14.2. The number of hydrogen-bond donors (Lipinski definition) is 2. The van der Waals surface area contributed by atoms with Gasteiger partial charge in [-0.05, 0) is 104 Å². The number of nitrogens with zero attached hydrogens (tertiary/aromatic N) is 4. The predicted octanol–water partition coefficient (Wildman–Crippen LogP) is 10.6. The Hall–Kier alpha value is -2.88. The number of halogens is 2. The molecule has 0 aliphatic carbocycles. The molecule has 3 aromatic rings. The van der Waals surface area contributed by atoms with Gasteiger partial charge in [0.25, 0.3) is 0 Å². The summed E-state index contributed by atoms with van der Waals surface area (Å²) < 4.78 is 1.54. The molecule has 3 rings (SSSR count). The van der Waals surface area contributed by atoms with Gasteiger partial charge in [0.15, 0.2) is 11.6 Å². The summed E-state index contributed by atoms with van der Waals surface area (Å²) in [5.41, 5.74) is 17.8. The molecule has 0 amide bonds. The molecule has 14 heteroatoms. The molecule has 0 fully saturated rings. The first-order valence-electron chi connectivity index (χ1n) is 21.5. The number of ketones is 4. The van der Waals surface area contributed by atoms with Crippen molar-refractivity contribution in [3.05, 3.63) is 79.2 Å². The second-order valence-electron chi connectivity index (χ2n) is 15.1. The van der Waals surface area contributed by atoms with Crippen molar-refractivity contribution in [3.63, 3.8) is 0 Å². The summed E-state index contributed by atoms with van der Waals surface area (Å²) in [6.45, 7) is 6.93. The zero-order valence-corrected chi connectivity index (χ0v) is 41.4. The Kier molecular flexibility index (Phi) is 24.7. The number of thioether (sulfide) groups is 2. The quantitative estimate of drug-likeness (QED) is 0.0283. The molecule has 0 saturated heterocycles. The molecule has 0 radical (unpaired) electrons. The van der Waals surface area contributed by atoms with Crippen LogP contribution in [0.1, 0.15) is 147 Å². The van der Waals surface area contributed by atoms with E-state index in [-0.39, 0.29) is 53.8 Å². The van der Waals surface area contributed by atoms with Crippen LogP contribution >= 0.6 is 55.4 Å². The number of hydrogen-bond acceptors (Lipinski definition) is 12. The predicted molar refractivity (Wildman–Crippen MR) is 262 cm³/mol. The van der Waals surface area contributed by atoms with Gasteiger partial charge in [-0.2, -0.15) is 0 Å². The lowest BCUT2D eigenvalue weighted by molar-refractivity contribution is -0.119. The third kappa shape index (κ3) is 17.7. The fraction of sp³-hybridized carbons (Fsp3) is 0.532. The van der Waals surface area contributed by atoms with Crippen molar-refractivity contribution in [2.45, 2.75) is 133 Å². The van der Waals surface area contributed by atoms with E-state index in [0.29, 0.717) is 37.4 Å². The number of carbonyl (C=O) groups is 4. The minimum absolute atomic E-state index is 0.0160. The Morgan fingerprint density at radius 2 is 1.10 bits per heavy atom. The van der Waals surface area contributed by atoms with Crippen LogP contribution < -0.4 is 11.5 Å². The molecule has 61 heavy (non-hydrogen) atoms. The van der Waals surface area contributed by atoms with Crippen molar-refractivity contribution in [2.24, 2.45) is 21.5 Å². The largest absolute Gasteiger partial charge is 0.330 e. The molecule has 0 saturated carbocycles. The summed E-state index contributed by atoms with van der Waals surface area (Å²) in [5.74, 6) is 0.368. The van der Waals surface area contributed by atoms with Crippen molar-refractivity contribution in [2.75, 3.05) is 38.7 Å². The highest BCUT2D eigenvalue weighted by atomic mass is 79.9. The molecule has 0 spiro atoms. The number of nitrogens with two attached hydrogens (primary N) is 2. The second kappa shape index (κ2) is 28.7. The average Bonchev–Trinajstić information content (AvgIpc) is 3.24. The fourth-order valence-corrected chi connectivity index (χ4v) is 10.3. The number of aliphatic imine (C=N–C) groups is 2. The average molecular weight is 1000 g/mol. The Morgan fingerprint density at radius 1 is 0.639 bits per heavy atom. The molecule has 1 atom stereocenters. The van der Waals surface area contributed by atoms with E-state index in [9.17, 15) is 19.2 Å². The minimum atomic E-state index is -0.638. The van der Waals surface area contributed by atoms with E-state index < -0.39 is 5.92 Å². The normalized spacial score (nSPS) is 12.5.